The Kier molecular flexibility index (Phi) is 5.31. The number of aromatic nitrogens is 1. The molecule has 1 amide bonds. The zero-order valence-corrected chi connectivity index (χ0v) is 12.5. The lowest BCUT2D eigenvalue weighted by atomic mass is 9.95. The molecular formula is C14H22N2O2S. The number of nitrogens with one attached hydrogen (secondary N) is 1. The van der Waals surface area contributed by atoms with Crippen LogP contribution in [0.25, 0.3) is 0 Å². The molecule has 5 heteroatoms. The van der Waals surface area contributed by atoms with E-state index in [1.165, 1.54) is 19.3 Å². The van der Waals surface area contributed by atoms with Gasteiger partial charge in [0.15, 0.2) is 0 Å². The number of aryl methyl sites for hydroxylation is 2. The SMILES string of the molecule is Cc1noc(C)c1CSCC(=O)NC1CCCCC1. The zero-order chi connectivity index (χ0) is 13.7. The van der Waals surface area contributed by atoms with Crippen LogP contribution in [0.4, 0.5) is 0 Å². The highest BCUT2D eigenvalue weighted by atomic mass is 32.2. The third kappa shape index (κ3) is 4.27. The van der Waals surface area contributed by atoms with Crippen LogP contribution in [0.15, 0.2) is 4.52 Å². The molecule has 1 fully saturated rings. The van der Waals surface area contributed by atoms with Crippen molar-refractivity contribution >= 4 is 17.7 Å². The number of nitrogens with zero attached hydrogens (tertiary/aromatic N) is 1. The minimum Gasteiger partial charge on any atom is -0.361 e. The third-order valence-corrected chi connectivity index (χ3v) is 4.59. The van der Waals surface area contributed by atoms with Crippen LogP contribution in [0.3, 0.4) is 0 Å². The number of amides is 1. The van der Waals surface area contributed by atoms with E-state index in [0.29, 0.717) is 11.8 Å². The molecule has 1 aliphatic rings. The van der Waals surface area contributed by atoms with E-state index >= 15 is 0 Å². The summed E-state index contributed by atoms with van der Waals surface area (Å²) in [5.41, 5.74) is 2.05. The summed E-state index contributed by atoms with van der Waals surface area (Å²) in [4.78, 5) is 11.8. The van der Waals surface area contributed by atoms with Crippen LogP contribution in [-0.4, -0.2) is 22.9 Å². The third-order valence-electron chi connectivity index (χ3n) is 3.63. The molecule has 1 saturated carbocycles. The number of rotatable bonds is 5. The van der Waals surface area contributed by atoms with Gasteiger partial charge in [-0.25, -0.2) is 0 Å². The smallest absolute Gasteiger partial charge is 0.230 e. The summed E-state index contributed by atoms with van der Waals surface area (Å²) in [5.74, 6) is 2.32. The number of carbonyl (C=O) groups is 1. The molecule has 1 aromatic heterocycles. The molecular weight excluding hydrogens is 260 g/mol. The first kappa shape index (κ1) is 14.4. The molecule has 0 unspecified atom stereocenters. The van der Waals surface area contributed by atoms with Crippen molar-refractivity contribution in [3.8, 4) is 0 Å². The quantitative estimate of drug-likeness (QED) is 0.902. The number of thioether (sulfide) groups is 1. The van der Waals surface area contributed by atoms with E-state index in [1.54, 1.807) is 11.8 Å². The lowest BCUT2D eigenvalue weighted by Crippen LogP contribution is -2.37. The predicted molar refractivity (Wildman–Crippen MR) is 77.2 cm³/mol. The molecule has 0 bridgehead atoms. The van der Waals surface area contributed by atoms with Gasteiger partial charge in [0.05, 0.1) is 11.4 Å². The lowest BCUT2D eigenvalue weighted by Gasteiger charge is -2.22. The maximum Gasteiger partial charge on any atom is 0.230 e. The average molecular weight is 282 g/mol. The van der Waals surface area contributed by atoms with Crippen molar-refractivity contribution in [2.75, 3.05) is 5.75 Å². The molecule has 2 rings (SSSR count). The fourth-order valence-electron chi connectivity index (χ4n) is 2.47. The monoisotopic (exact) mass is 282 g/mol. The first-order chi connectivity index (χ1) is 9.16. The Balaban J connectivity index is 1.69. The van der Waals surface area contributed by atoms with Crippen molar-refractivity contribution in [1.82, 2.24) is 10.5 Å². The molecule has 106 valence electrons. The van der Waals surface area contributed by atoms with Gasteiger partial charge in [-0.1, -0.05) is 24.4 Å². The Labute approximate surface area is 118 Å². The Morgan fingerprint density at radius 1 is 1.37 bits per heavy atom. The summed E-state index contributed by atoms with van der Waals surface area (Å²) in [6, 6.07) is 0.404. The molecule has 0 aromatic carbocycles. The van der Waals surface area contributed by atoms with Crippen molar-refractivity contribution in [3.63, 3.8) is 0 Å². The molecule has 4 nitrogen and oxygen atoms in total. The van der Waals surface area contributed by atoms with Crippen molar-refractivity contribution in [2.24, 2.45) is 0 Å². The summed E-state index contributed by atoms with van der Waals surface area (Å²) < 4.78 is 5.11. The number of hydrogen-bond acceptors (Lipinski definition) is 4. The van der Waals surface area contributed by atoms with E-state index in [2.05, 4.69) is 10.5 Å². The largest absolute Gasteiger partial charge is 0.361 e. The fourth-order valence-corrected chi connectivity index (χ4v) is 3.46. The van der Waals surface area contributed by atoms with Crippen LogP contribution in [0.5, 0.6) is 0 Å². The van der Waals surface area contributed by atoms with Gasteiger partial charge in [0.2, 0.25) is 5.91 Å². The highest BCUT2D eigenvalue weighted by Gasteiger charge is 2.16. The highest BCUT2D eigenvalue weighted by molar-refractivity contribution is 7.99. The van der Waals surface area contributed by atoms with Gasteiger partial charge in [-0.05, 0) is 26.7 Å². The molecule has 19 heavy (non-hydrogen) atoms. The minimum atomic E-state index is 0.156. The Bertz CT molecular complexity index is 406. The second kappa shape index (κ2) is 6.98. The summed E-state index contributed by atoms with van der Waals surface area (Å²) in [6.07, 6.45) is 6.09. The van der Waals surface area contributed by atoms with Crippen molar-refractivity contribution < 1.29 is 9.32 Å². The topological polar surface area (TPSA) is 55.1 Å². The molecule has 0 saturated heterocycles. The second-order valence-corrected chi connectivity index (χ2v) is 6.18. The zero-order valence-electron chi connectivity index (χ0n) is 11.7. The van der Waals surface area contributed by atoms with E-state index in [1.807, 2.05) is 13.8 Å². The number of hydrogen-bond donors (Lipinski definition) is 1. The molecule has 0 radical (unpaired) electrons. The second-order valence-electron chi connectivity index (χ2n) is 5.20. The van der Waals surface area contributed by atoms with E-state index in [-0.39, 0.29) is 5.91 Å². The van der Waals surface area contributed by atoms with Crippen LogP contribution in [0.2, 0.25) is 0 Å². The van der Waals surface area contributed by atoms with Crippen LogP contribution >= 0.6 is 11.8 Å². The van der Waals surface area contributed by atoms with Crippen LogP contribution in [-0.2, 0) is 10.5 Å². The normalized spacial score (nSPS) is 16.5. The molecule has 1 heterocycles. The average Bonchev–Trinajstić information content (AvgIpc) is 2.71. The predicted octanol–water partition coefficient (Wildman–Crippen LogP) is 2.97. The maximum atomic E-state index is 11.8. The van der Waals surface area contributed by atoms with Crippen molar-refractivity contribution in [1.29, 1.82) is 0 Å². The standard InChI is InChI=1S/C14H22N2O2S/c1-10-13(11(2)18-16-10)8-19-9-14(17)15-12-6-4-3-5-7-12/h12H,3-9H2,1-2H3,(H,15,17). The molecule has 1 aromatic rings. The summed E-state index contributed by atoms with van der Waals surface area (Å²) in [6.45, 7) is 3.85. The van der Waals surface area contributed by atoms with E-state index in [9.17, 15) is 4.79 Å². The fraction of sp³-hybridized carbons (Fsp3) is 0.714. The van der Waals surface area contributed by atoms with E-state index in [4.69, 9.17) is 4.52 Å². The maximum absolute atomic E-state index is 11.8. The summed E-state index contributed by atoms with van der Waals surface area (Å²) in [7, 11) is 0. The number of carbonyl (C=O) groups excluding carboxylic acids is 1. The summed E-state index contributed by atoms with van der Waals surface area (Å²) >= 11 is 1.62. The summed E-state index contributed by atoms with van der Waals surface area (Å²) in [5, 5.41) is 7.05. The minimum absolute atomic E-state index is 0.156. The van der Waals surface area contributed by atoms with E-state index < -0.39 is 0 Å². The Morgan fingerprint density at radius 3 is 2.74 bits per heavy atom. The lowest BCUT2D eigenvalue weighted by molar-refractivity contribution is -0.119. The van der Waals surface area contributed by atoms with Crippen molar-refractivity contribution in [2.45, 2.75) is 57.7 Å². The molecule has 1 aliphatic carbocycles. The van der Waals surface area contributed by atoms with Gasteiger partial charge < -0.3 is 9.84 Å². The van der Waals surface area contributed by atoms with Gasteiger partial charge in [-0.3, -0.25) is 4.79 Å². The van der Waals surface area contributed by atoms with Crippen molar-refractivity contribution in [3.05, 3.63) is 17.0 Å². The van der Waals surface area contributed by atoms with Gasteiger partial charge in [0, 0.05) is 17.4 Å². The molecule has 0 atom stereocenters. The Hall–Kier alpha value is -0.970. The highest BCUT2D eigenvalue weighted by Crippen LogP contribution is 2.20. The van der Waals surface area contributed by atoms with Gasteiger partial charge in [-0.2, -0.15) is 0 Å². The molecule has 0 spiro atoms. The van der Waals surface area contributed by atoms with Gasteiger partial charge in [0.1, 0.15) is 5.76 Å². The van der Waals surface area contributed by atoms with Crippen LogP contribution < -0.4 is 5.32 Å². The van der Waals surface area contributed by atoms with Gasteiger partial charge in [0.25, 0.3) is 0 Å². The van der Waals surface area contributed by atoms with E-state index in [0.717, 1.165) is 35.6 Å². The van der Waals surface area contributed by atoms with Crippen LogP contribution in [0, 0.1) is 13.8 Å². The molecule has 0 aliphatic heterocycles. The first-order valence-corrected chi connectivity index (χ1v) is 8.11. The molecule has 1 N–H and O–H groups in total. The Morgan fingerprint density at radius 2 is 2.11 bits per heavy atom. The van der Waals surface area contributed by atoms with Gasteiger partial charge >= 0.3 is 0 Å². The van der Waals surface area contributed by atoms with Crippen LogP contribution in [0.1, 0.15) is 49.1 Å². The van der Waals surface area contributed by atoms with Gasteiger partial charge in [-0.15, -0.1) is 11.8 Å². The first-order valence-electron chi connectivity index (χ1n) is 6.95.